The molecule has 1 heterocycles. The van der Waals surface area contributed by atoms with Gasteiger partial charge >= 0.3 is 0 Å². The number of hydrogen-bond donors (Lipinski definition) is 1. The van der Waals surface area contributed by atoms with Crippen LogP contribution in [0.5, 0.6) is 11.5 Å². The summed E-state index contributed by atoms with van der Waals surface area (Å²) in [5.74, 6) is 1.61. The van der Waals surface area contributed by atoms with Crippen molar-refractivity contribution in [2.75, 3.05) is 20.3 Å². The summed E-state index contributed by atoms with van der Waals surface area (Å²) >= 11 is 5.21. The molecule has 1 aliphatic rings. The number of methoxy groups -OCH3 is 1. The van der Waals surface area contributed by atoms with Gasteiger partial charge in [-0.25, -0.2) is 0 Å². The number of rotatable bonds is 1. The minimum atomic E-state index is 0.638. The third-order valence-corrected chi connectivity index (χ3v) is 2.44. The molecule has 0 saturated heterocycles. The SMILES string of the molecule is COc1ccc2c(c1)C(=S)NCCO2. The van der Waals surface area contributed by atoms with E-state index in [1.807, 2.05) is 18.2 Å². The van der Waals surface area contributed by atoms with E-state index in [-0.39, 0.29) is 0 Å². The van der Waals surface area contributed by atoms with E-state index in [4.69, 9.17) is 21.7 Å². The molecule has 0 aromatic heterocycles. The average Bonchev–Trinajstić information content (AvgIpc) is 2.40. The van der Waals surface area contributed by atoms with Crippen LogP contribution >= 0.6 is 12.2 Å². The summed E-state index contributed by atoms with van der Waals surface area (Å²) < 4.78 is 10.6. The van der Waals surface area contributed by atoms with Crippen LogP contribution in [-0.4, -0.2) is 25.2 Å². The topological polar surface area (TPSA) is 30.5 Å². The van der Waals surface area contributed by atoms with Gasteiger partial charge in [0.15, 0.2) is 0 Å². The molecule has 1 aromatic rings. The lowest BCUT2D eigenvalue weighted by molar-refractivity contribution is 0.326. The van der Waals surface area contributed by atoms with Crippen LogP contribution in [0.15, 0.2) is 18.2 Å². The first-order valence-corrected chi connectivity index (χ1v) is 4.81. The minimum absolute atomic E-state index is 0.638. The van der Waals surface area contributed by atoms with Crippen molar-refractivity contribution in [1.82, 2.24) is 5.32 Å². The molecule has 0 saturated carbocycles. The van der Waals surface area contributed by atoms with Crippen molar-refractivity contribution in [2.24, 2.45) is 0 Å². The third-order valence-electron chi connectivity index (χ3n) is 2.08. The Morgan fingerprint density at radius 1 is 1.50 bits per heavy atom. The molecule has 0 radical (unpaired) electrons. The molecule has 14 heavy (non-hydrogen) atoms. The molecule has 0 amide bonds. The molecule has 0 fully saturated rings. The molecular formula is C10H11NO2S. The summed E-state index contributed by atoms with van der Waals surface area (Å²) in [6.07, 6.45) is 0. The zero-order valence-electron chi connectivity index (χ0n) is 7.87. The minimum Gasteiger partial charge on any atom is -0.497 e. The van der Waals surface area contributed by atoms with Crippen LogP contribution < -0.4 is 14.8 Å². The first-order chi connectivity index (χ1) is 6.81. The highest BCUT2D eigenvalue weighted by atomic mass is 32.1. The molecule has 3 nitrogen and oxygen atoms in total. The van der Waals surface area contributed by atoms with Crippen LogP contribution in [0.3, 0.4) is 0 Å². The Bertz CT molecular complexity index is 365. The van der Waals surface area contributed by atoms with Crippen molar-refractivity contribution in [3.8, 4) is 11.5 Å². The number of fused-ring (bicyclic) bond motifs is 1. The number of ether oxygens (including phenoxy) is 2. The van der Waals surface area contributed by atoms with E-state index in [0.717, 1.165) is 28.6 Å². The van der Waals surface area contributed by atoms with Crippen LogP contribution in [0, 0.1) is 0 Å². The van der Waals surface area contributed by atoms with E-state index in [0.29, 0.717) is 6.61 Å². The smallest absolute Gasteiger partial charge is 0.129 e. The molecule has 0 aliphatic carbocycles. The number of thiocarbonyl (C=S) groups is 1. The highest BCUT2D eigenvalue weighted by Gasteiger charge is 2.13. The predicted molar refractivity (Wildman–Crippen MR) is 58.2 cm³/mol. The van der Waals surface area contributed by atoms with Gasteiger partial charge in [-0.05, 0) is 18.2 Å². The first kappa shape index (κ1) is 9.27. The maximum Gasteiger partial charge on any atom is 0.129 e. The molecule has 4 heteroatoms. The van der Waals surface area contributed by atoms with Gasteiger partial charge in [-0.3, -0.25) is 0 Å². The van der Waals surface area contributed by atoms with E-state index in [1.54, 1.807) is 7.11 Å². The molecule has 1 aromatic carbocycles. The van der Waals surface area contributed by atoms with Gasteiger partial charge in [-0.1, -0.05) is 12.2 Å². The number of hydrogen-bond acceptors (Lipinski definition) is 3. The summed E-state index contributed by atoms with van der Waals surface area (Å²) in [5.41, 5.74) is 0.900. The lowest BCUT2D eigenvalue weighted by Crippen LogP contribution is -2.23. The Kier molecular flexibility index (Phi) is 2.54. The number of benzene rings is 1. The van der Waals surface area contributed by atoms with Crippen LogP contribution in [0.25, 0.3) is 0 Å². The van der Waals surface area contributed by atoms with Gasteiger partial charge in [0.1, 0.15) is 23.1 Å². The molecule has 2 rings (SSSR count). The van der Waals surface area contributed by atoms with Crippen molar-refractivity contribution >= 4 is 17.2 Å². The predicted octanol–water partition coefficient (Wildman–Crippen LogP) is 1.35. The lowest BCUT2D eigenvalue weighted by Gasteiger charge is -2.08. The normalized spacial score (nSPS) is 14.8. The Labute approximate surface area is 88.0 Å². The highest BCUT2D eigenvalue weighted by Crippen LogP contribution is 2.25. The van der Waals surface area contributed by atoms with Crippen LogP contribution in [0.2, 0.25) is 0 Å². The largest absolute Gasteiger partial charge is 0.497 e. The fourth-order valence-electron chi connectivity index (χ4n) is 1.36. The maximum absolute atomic E-state index is 5.51. The second-order valence-electron chi connectivity index (χ2n) is 2.97. The lowest BCUT2D eigenvalue weighted by atomic mass is 10.2. The molecule has 0 unspecified atom stereocenters. The van der Waals surface area contributed by atoms with Crippen molar-refractivity contribution in [3.05, 3.63) is 23.8 Å². The molecule has 0 bridgehead atoms. The Hall–Kier alpha value is -1.29. The Balaban J connectivity index is 2.44. The molecule has 0 atom stereocenters. The van der Waals surface area contributed by atoms with Gasteiger partial charge in [0, 0.05) is 6.54 Å². The Morgan fingerprint density at radius 3 is 3.14 bits per heavy atom. The van der Waals surface area contributed by atoms with Gasteiger partial charge in [-0.2, -0.15) is 0 Å². The van der Waals surface area contributed by atoms with Gasteiger partial charge < -0.3 is 14.8 Å². The zero-order valence-corrected chi connectivity index (χ0v) is 8.69. The summed E-state index contributed by atoms with van der Waals surface area (Å²) in [4.78, 5) is 0.719. The van der Waals surface area contributed by atoms with Crippen molar-refractivity contribution < 1.29 is 9.47 Å². The first-order valence-electron chi connectivity index (χ1n) is 4.40. The standard InChI is InChI=1S/C10H11NO2S/c1-12-7-2-3-9-8(6-7)10(14)11-4-5-13-9/h2-3,6H,4-5H2,1H3,(H,11,14). The van der Waals surface area contributed by atoms with Crippen molar-refractivity contribution in [1.29, 1.82) is 0 Å². The van der Waals surface area contributed by atoms with Crippen LogP contribution in [0.4, 0.5) is 0 Å². The molecule has 1 N–H and O–H groups in total. The Morgan fingerprint density at radius 2 is 2.36 bits per heavy atom. The fraction of sp³-hybridized carbons (Fsp3) is 0.300. The quantitative estimate of drug-likeness (QED) is 0.707. The van der Waals surface area contributed by atoms with Crippen molar-refractivity contribution in [3.63, 3.8) is 0 Å². The zero-order chi connectivity index (χ0) is 9.97. The molecular weight excluding hydrogens is 198 g/mol. The summed E-state index contributed by atoms with van der Waals surface area (Å²) in [6.45, 7) is 1.38. The average molecular weight is 209 g/mol. The van der Waals surface area contributed by atoms with Gasteiger partial charge in [0.25, 0.3) is 0 Å². The monoisotopic (exact) mass is 209 g/mol. The number of nitrogens with one attached hydrogen (secondary N) is 1. The maximum atomic E-state index is 5.51. The van der Waals surface area contributed by atoms with E-state index in [9.17, 15) is 0 Å². The van der Waals surface area contributed by atoms with E-state index in [1.165, 1.54) is 0 Å². The summed E-state index contributed by atoms with van der Waals surface area (Å²) in [6, 6.07) is 5.64. The summed E-state index contributed by atoms with van der Waals surface area (Å²) in [7, 11) is 1.63. The second kappa shape index (κ2) is 3.84. The molecule has 74 valence electrons. The van der Waals surface area contributed by atoms with Gasteiger partial charge in [-0.15, -0.1) is 0 Å². The summed E-state index contributed by atoms with van der Waals surface area (Å²) in [5, 5.41) is 3.10. The molecule has 1 aliphatic heterocycles. The second-order valence-corrected chi connectivity index (χ2v) is 3.37. The van der Waals surface area contributed by atoms with E-state index >= 15 is 0 Å². The highest BCUT2D eigenvalue weighted by molar-refractivity contribution is 7.80. The third kappa shape index (κ3) is 1.65. The van der Waals surface area contributed by atoms with Crippen LogP contribution in [-0.2, 0) is 0 Å². The molecule has 0 spiro atoms. The van der Waals surface area contributed by atoms with Crippen LogP contribution in [0.1, 0.15) is 5.56 Å². The van der Waals surface area contributed by atoms with E-state index in [2.05, 4.69) is 5.32 Å². The fourth-order valence-corrected chi connectivity index (χ4v) is 1.62. The van der Waals surface area contributed by atoms with Gasteiger partial charge in [0.2, 0.25) is 0 Å². The van der Waals surface area contributed by atoms with E-state index < -0.39 is 0 Å². The van der Waals surface area contributed by atoms with Gasteiger partial charge in [0.05, 0.1) is 12.7 Å². The van der Waals surface area contributed by atoms with Crippen molar-refractivity contribution in [2.45, 2.75) is 0 Å².